The van der Waals surface area contributed by atoms with E-state index in [2.05, 4.69) is 10.6 Å². The van der Waals surface area contributed by atoms with E-state index < -0.39 is 36.0 Å². The third-order valence-corrected chi connectivity index (χ3v) is 8.56. The SMILES string of the molecule is C[C@H](c1ccc(CNC(N)=O)cc1)N(C(=O)C(c1ccc(Cl)cc1)c1ccc(Cl)cc1)[C@H](CCCNC(=O)OCc1ccccc1)C(N)=O. The summed E-state index contributed by atoms with van der Waals surface area (Å²) in [6.45, 7) is 2.36. The maximum atomic E-state index is 14.9. The maximum Gasteiger partial charge on any atom is 0.407 e. The van der Waals surface area contributed by atoms with Crippen LogP contribution in [0.25, 0.3) is 0 Å². The number of ether oxygens (including phenoxy) is 1. The average molecular weight is 705 g/mol. The molecule has 0 fully saturated rings. The second kappa shape index (κ2) is 17.9. The van der Waals surface area contributed by atoms with Crippen molar-refractivity contribution in [1.29, 1.82) is 0 Å². The third-order valence-electron chi connectivity index (χ3n) is 8.05. The number of carbonyl (C=O) groups excluding carboxylic acids is 4. The van der Waals surface area contributed by atoms with Gasteiger partial charge in [-0.1, -0.05) is 102 Å². The first-order valence-electron chi connectivity index (χ1n) is 15.7. The van der Waals surface area contributed by atoms with E-state index >= 15 is 0 Å². The van der Waals surface area contributed by atoms with Gasteiger partial charge in [0.15, 0.2) is 0 Å². The van der Waals surface area contributed by atoms with E-state index in [1.165, 1.54) is 4.90 Å². The molecule has 4 rings (SSSR count). The molecule has 5 amide bonds. The zero-order valence-corrected chi connectivity index (χ0v) is 28.5. The molecule has 0 aliphatic carbocycles. The summed E-state index contributed by atoms with van der Waals surface area (Å²) < 4.78 is 5.30. The number of benzene rings is 4. The number of urea groups is 1. The van der Waals surface area contributed by atoms with E-state index in [0.717, 1.165) is 16.7 Å². The average Bonchev–Trinajstić information content (AvgIpc) is 3.09. The smallest absolute Gasteiger partial charge is 0.407 e. The van der Waals surface area contributed by atoms with Crippen LogP contribution in [0.4, 0.5) is 9.59 Å². The summed E-state index contributed by atoms with van der Waals surface area (Å²) in [6.07, 6.45) is -0.106. The predicted octanol–water partition coefficient (Wildman–Crippen LogP) is 6.44. The molecule has 12 heteroatoms. The van der Waals surface area contributed by atoms with Crippen molar-refractivity contribution in [2.75, 3.05) is 6.54 Å². The Labute approximate surface area is 295 Å². The number of alkyl carbamates (subject to hydrolysis) is 1. The Kier molecular flexibility index (Phi) is 13.4. The van der Waals surface area contributed by atoms with Gasteiger partial charge in [0.25, 0.3) is 0 Å². The summed E-state index contributed by atoms with van der Waals surface area (Å²) in [7, 11) is 0. The monoisotopic (exact) mass is 703 g/mol. The molecule has 0 heterocycles. The van der Waals surface area contributed by atoms with Crippen molar-refractivity contribution >= 4 is 47.1 Å². The van der Waals surface area contributed by atoms with Crippen LogP contribution in [0.2, 0.25) is 10.0 Å². The number of hydrogen-bond acceptors (Lipinski definition) is 5. The molecule has 0 unspecified atom stereocenters. The molecule has 0 spiro atoms. The summed E-state index contributed by atoms with van der Waals surface area (Å²) in [5.74, 6) is -1.89. The van der Waals surface area contributed by atoms with Crippen LogP contribution in [-0.4, -0.2) is 41.4 Å². The molecule has 4 aromatic carbocycles. The molecule has 0 aliphatic heterocycles. The normalized spacial score (nSPS) is 12.1. The van der Waals surface area contributed by atoms with Crippen LogP contribution >= 0.6 is 23.2 Å². The Morgan fingerprint density at radius 2 is 1.29 bits per heavy atom. The number of nitrogens with one attached hydrogen (secondary N) is 2. The van der Waals surface area contributed by atoms with Gasteiger partial charge in [0, 0.05) is 23.1 Å². The lowest BCUT2D eigenvalue weighted by Gasteiger charge is -2.38. The molecule has 6 N–H and O–H groups in total. The minimum Gasteiger partial charge on any atom is -0.445 e. The van der Waals surface area contributed by atoms with E-state index in [4.69, 9.17) is 39.4 Å². The molecule has 0 saturated carbocycles. The molecule has 0 aromatic heterocycles. The molecule has 2 atom stereocenters. The van der Waals surface area contributed by atoms with Gasteiger partial charge in [-0.05, 0) is 71.8 Å². The van der Waals surface area contributed by atoms with Crippen molar-refractivity contribution in [3.05, 3.63) is 141 Å². The molecule has 10 nitrogen and oxygen atoms in total. The fraction of sp³-hybridized carbons (Fsp3) is 0.243. The molecule has 256 valence electrons. The molecular weight excluding hydrogens is 665 g/mol. The second-order valence-corrected chi connectivity index (χ2v) is 12.3. The second-order valence-electron chi connectivity index (χ2n) is 11.5. The number of carbonyl (C=O) groups is 4. The van der Waals surface area contributed by atoms with Crippen LogP contribution < -0.4 is 22.1 Å². The van der Waals surface area contributed by atoms with E-state index in [9.17, 15) is 19.2 Å². The molecule has 4 aromatic rings. The summed E-state index contributed by atoms with van der Waals surface area (Å²) >= 11 is 12.4. The minimum atomic E-state index is -1.04. The van der Waals surface area contributed by atoms with E-state index in [1.807, 2.05) is 61.5 Å². The van der Waals surface area contributed by atoms with E-state index in [-0.39, 0.29) is 32.0 Å². The number of hydrogen-bond donors (Lipinski definition) is 4. The summed E-state index contributed by atoms with van der Waals surface area (Å²) in [6, 6.07) is 28.1. The van der Waals surface area contributed by atoms with E-state index in [0.29, 0.717) is 27.6 Å². The van der Waals surface area contributed by atoms with Crippen molar-refractivity contribution in [2.45, 2.75) is 50.9 Å². The first kappa shape index (κ1) is 36.8. The van der Waals surface area contributed by atoms with Crippen LogP contribution in [0.5, 0.6) is 0 Å². The van der Waals surface area contributed by atoms with Gasteiger partial charge in [-0.25, -0.2) is 9.59 Å². The first-order valence-corrected chi connectivity index (χ1v) is 16.5. The van der Waals surface area contributed by atoms with Gasteiger partial charge in [-0.2, -0.15) is 0 Å². The Bertz CT molecular complexity index is 1660. The third kappa shape index (κ3) is 10.7. The summed E-state index contributed by atoms with van der Waals surface area (Å²) in [5.41, 5.74) is 14.9. The van der Waals surface area contributed by atoms with Gasteiger partial charge in [-0.3, -0.25) is 9.59 Å². The highest BCUT2D eigenvalue weighted by molar-refractivity contribution is 6.30. The van der Waals surface area contributed by atoms with Crippen LogP contribution in [-0.2, 0) is 27.5 Å². The van der Waals surface area contributed by atoms with E-state index in [1.54, 1.807) is 48.5 Å². The topological polar surface area (TPSA) is 157 Å². The van der Waals surface area contributed by atoms with Gasteiger partial charge in [-0.15, -0.1) is 0 Å². The molecule has 49 heavy (non-hydrogen) atoms. The van der Waals surface area contributed by atoms with Gasteiger partial charge in [0.1, 0.15) is 12.6 Å². The lowest BCUT2D eigenvalue weighted by molar-refractivity contribution is -0.142. The quantitative estimate of drug-likeness (QED) is 0.105. The predicted molar refractivity (Wildman–Crippen MR) is 190 cm³/mol. The number of nitrogens with zero attached hydrogens (tertiary/aromatic N) is 1. The zero-order valence-electron chi connectivity index (χ0n) is 27.0. The fourth-order valence-corrected chi connectivity index (χ4v) is 5.75. The van der Waals surface area contributed by atoms with Crippen molar-refractivity contribution in [3.8, 4) is 0 Å². The lowest BCUT2D eigenvalue weighted by atomic mass is 9.88. The van der Waals surface area contributed by atoms with Crippen molar-refractivity contribution in [1.82, 2.24) is 15.5 Å². The largest absolute Gasteiger partial charge is 0.445 e. The molecule has 0 bridgehead atoms. The number of nitrogens with two attached hydrogens (primary N) is 2. The van der Waals surface area contributed by atoms with Crippen molar-refractivity contribution in [3.63, 3.8) is 0 Å². The van der Waals surface area contributed by atoms with Crippen LogP contribution in [0.3, 0.4) is 0 Å². The molecule has 0 aliphatic rings. The highest BCUT2D eigenvalue weighted by Crippen LogP contribution is 2.34. The Hall–Kier alpha value is -5.06. The highest BCUT2D eigenvalue weighted by Gasteiger charge is 2.37. The number of rotatable bonds is 15. The summed E-state index contributed by atoms with van der Waals surface area (Å²) in [4.78, 5) is 53.1. The maximum absolute atomic E-state index is 14.9. The number of halogens is 2. The van der Waals surface area contributed by atoms with Crippen LogP contribution in [0.15, 0.2) is 103 Å². The van der Waals surface area contributed by atoms with Crippen LogP contribution in [0.1, 0.15) is 59.5 Å². The summed E-state index contributed by atoms with van der Waals surface area (Å²) in [5, 5.41) is 6.27. The van der Waals surface area contributed by atoms with Crippen molar-refractivity contribution in [2.24, 2.45) is 11.5 Å². The molecule has 0 radical (unpaired) electrons. The van der Waals surface area contributed by atoms with Crippen molar-refractivity contribution < 1.29 is 23.9 Å². The number of primary amides is 2. The highest BCUT2D eigenvalue weighted by atomic mass is 35.5. The lowest BCUT2D eigenvalue weighted by Crippen LogP contribution is -2.51. The first-order chi connectivity index (χ1) is 23.5. The molecular formula is C37H39Cl2N5O5. The van der Waals surface area contributed by atoms with Gasteiger partial charge >= 0.3 is 12.1 Å². The van der Waals surface area contributed by atoms with Gasteiger partial charge < -0.3 is 31.7 Å². The Morgan fingerprint density at radius 3 is 1.82 bits per heavy atom. The fourth-order valence-electron chi connectivity index (χ4n) is 5.49. The van der Waals surface area contributed by atoms with Gasteiger partial charge in [0.2, 0.25) is 11.8 Å². The van der Waals surface area contributed by atoms with Gasteiger partial charge in [0.05, 0.1) is 12.0 Å². The zero-order chi connectivity index (χ0) is 35.3. The molecule has 0 saturated heterocycles. The Balaban J connectivity index is 1.62. The van der Waals surface area contributed by atoms with Crippen LogP contribution in [0, 0.1) is 0 Å². The number of amides is 5. The minimum absolute atomic E-state index is 0.116. The Morgan fingerprint density at radius 1 is 0.735 bits per heavy atom. The standard InChI is InChI=1S/C37H39Cl2N5O5/c1-24(27-11-9-25(10-12-27)22-43-36(41)47)44(32(34(40)45)8-5-21-42-37(48)49-23-26-6-3-2-4-7-26)35(46)33(28-13-17-30(38)18-14-28)29-15-19-31(39)20-16-29/h2-4,6-7,9-20,24,32-33H,5,8,21-23H2,1H3,(H2,40,45)(H,42,48)(H3,41,43,47)/t24-,32-/m1/s1.